The minimum atomic E-state index is -0.121. The van der Waals surface area contributed by atoms with Crippen molar-refractivity contribution in [2.24, 2.45) is 0 Å². The first-order chi connectivity index (χ1) is 13.3. The second-order valence-corrected chi connectivity index (χ2v) is 7.50. The Hall–Kier alpha value is -3.48. The summed E-state index contributed by atoms with van der Waals surface area (Å²) in [6, 6.07) is 15.5. The topological polar surface area (TPSA) is 91.8 Å². The van der Waals surface area contributed by atoms with Crippen molar-refractivity contribution in [1.29, 1.82) is 0 Å². The minimum absolute atomic E-state index is 0.103. The minimum Gasteiger partial charge on any atom is -0.339 e. The molecular formula is C21H24N6O. The summed E-state index contributed by atoms with van der Waals surface area (Å²) in [5.41, 5.74) is 3.74. The molecule has 0 radical (unpaired) electrons. The van der Waals surface area contributed by atoms with Gasteiger partial charge in [-0.1, -0.05) is 39.0 Å². The summed E-state index contributed by atoms with van der Waals surface area (Å²) in [4.78, 5) is 15.6. The van der Waals surface area contributed by atoms with Gasteiger partial charge in [0, 0.05) is 24.0 Å². The van der Waals surface area contributed by atoms with Gasteiger partial charge in [-0.25, -0.2) is 0 Å². The van der Waals surface area contributed by atoms with Gasteiger partial charge in [-0.3, -0.25) is 4.79 Å². The average molecular weight is 376 g/mol. The fraction of sp³-hybridized carbons (Fsp3) is 0.238. The number of amides is 1. The second kappa shape index (κ2) is 8.04. The summed E-state index contributed by atoms with van der Waals surface area (Å²) in [5.74, 6) is 0.820. The lowest BCUT2D eigenvalue weighted by molar-refractivity contribution is -0.114. The van der Waals surface area contributed by atoms with Gasteiger partial charge >= 0.3 is 0 Å². The number of anilines is 5. The molecule has 0 unspecified atom stereocenters. The van der Waals surface area contributed by atoms with Crippen LogP contribution in [-0.4, -0.2) is 21.1 Å². The van der Waals surface area contributed by atoms with Crippen molar-refractivity contribution in [1.82, 2.24) is 15.2 Å². The number of nitrogens with one attached hydrogen (secondary N) is 3. The molecule has 3 N–H and O–H groups in total. The van der Waals surface area contributed by atoms with E-state index in [0.29, 0.717) is 17.5 Å². The number of hydrogen-bond acceptors (Lipinski definition) is 6. The molecule has 1 heterocycles. The molecule has 1 aromatic heterocycles. The average Bonchev–Trinajstić information content (AvgIpc) is 2.61. The van der Waals surface area contributed by atoms with E-state index in [1.165, 1.54) is 12.5 Å². The van der Waals surface area contributed by atoms with Gasteiger partial charge in [-0.2, -0.15) is 10.1 Å². The highest BCUT2D eigenvalue weighted by molar-refractivity contribution is 5.89. The van der Waals surface area contributed by atoms with Gasteiger partial charge in [0.25, 0.3) is 0 Å². The summed E-state index contributed by atoms with van der Waals surface area (Å²) < 4.78 is 0. The number of hydrogen-bond donors (Lipinski definition) is 3. The molecule has 28 heavy (non-hydrogen) atoms. The first kappa shape index (κ1) is 19.3. The van der Waals surface area contributed by atoms with Crippen molar-refractivity contribution < 1.29 is 4.79 Å². The molecule has 3 rings (SSSR count). The standard InChI is InChI=1S/C21H24N6O/c1-14(28)23-17-6-5-7-18(12-17)24-19-13-22-27-20(26-19)25-16-10-8-15(9-11-16)21(2,3)4/h5-13H,1-4H3,(H,23,28)(H2,24,25,26,27). The SMILES string of the molecule is CC(=O)Nc1cccc(Nc2cnnc(Nc3ccc(C(C)(C)C)cc3)n2)c1. The van der Waals surface area contributed by atoms with Gasteiger partial charge in [0.15, 0.2) is 5.82 Å². The third-order valence-electron chi connectivity index (χ3n) is 4.02. The zero-order valence-corrected chi connectivity index (χ0v) is 16.4. The molecule has 0 aliphatic carbocycles. The van der Waals surface area contributed by atoms with Gasteiger partial charge in [0.1, 0.15) is 0 Å². The molecular weight excluding hydrogens is 352 g/mol. The van der Waals surface area contributed by atoms with Crippen LogP contribution in [-0.2, 0) is 10.2 Å². The molecule has 0 fully saturated rings. The van der Waals surface area contributed by atoms with E-state index < -0.39 is 0 Å². The van der Waals surface area contributed by atoms with E-state index in [9.17, 15) is 4.79 Å². The second-order valence-electron chi connectivity index (χ2n) is 7.50. The summed E-state index contributed by atoms with van der Waals surface area (Å²) in [6.45, 7) is 8.01. The fourth-order valence-electron chi connectivity index (χ4n) is 2.63. The number of rotatable bonds is 5. The van der Waals surface area contributed by atoms with Crippen LogP contribution in [0, 0.1) is 0 Å². The number of benzene rings is 2. The fourth-order valence-corrected chi connectivity index (χ4v) is 2.63. The van der Waals surface area contributed by atoms with Gasteiger partial charge in [-0.05, 0) is 41.3 Å². The Labute approximate surface area is 164 Å². The van der Waals surface area contributed by atoms with Crippen molar-refractivity contribution in [2.75, 3.05) is 16.0 Å². The predicted molar refractivity (Wildman–Crippen MR) is 112 cm³/mol. The molecule has 144 valence electrons. The normalized spacial score (nSPS) is 11.0. The van der Waals surface area contributed by atoms with E-state index in [2.05, 4.69) is 64.0 Å². The first-order valence-corrected chi connectivity index (χ1v) is 9.01. The molecule has 0 atom stereocenters. The van der Waals surface area contributed by atoms with Crippen molar-refractivity contribution >= 4 is 34.7 Å². The van der Waals surface area contributed by atoms with Gasteiger partial charge in [0.05, 0.1) is 6.20 Å². The number of carbonyl (C=O) groups excluding carboxylic acids is 1. The lowest BCUT2D eigenvalue weighted by Crippen LogP contribution is -2.10. The Morgan fingerprint density at radius 3 is 2.32 bits per heavy atom. The van der Waals surface area contributed by atoms with Crippen molar-refractivity contribution in [3.05, 3.63) is 60.3 Å². The maximum Gasteiger partial charge on any atom is 0.249 e. The molecule has 0 bridgehead atoms. The predicted octanol–water partition coefficient (Wildman–Crippen LogP) is 4.61. The van der Waals surface area contributed by atoms with Gasteiger partial charge in [-0.15, -0.1) is 5.10 Å². The quantitative estimate of drug-likeness (QED) is 0.602. The van der Waals surface area contributed by atoms with Crippen LogP contribution in [0.25, 0.3) is 0 Å². The summed E-state index contributed by atoms with van der Waals surface area (Å²) >= 11 is 0. The van der Waals surface area contributed by atoms with Crippen LogP contribution in [0.3, 0.4) is 0 Å². The van der Waals surface area contributed by atoms with E-state index in [1.54, 1.807) is 6.20 Å². The van der Waals surface area contributed by atoms with E-state index in [0.717, 1.165) is 11.4 Å². The van der Waals surface area contributed by atoms with E-state index in [-0.39, 0.29) is 11.3 Å². The Balaban J connectivity index is 1.71. The van der Waals surface area contributed by atoms with Crippen LogP contribution in [0.4, 0.5) is 28.8 Å². The zero-order chi connectivity index (χ0) is 20.1. The smallest absolute Gasteiger partial charge is 0.249 e. The third-order valence-corrected chi connectivity index (χ3v) is 4.02. The molecule has 2 aromatic carbocycles. The highest BCUT2D eigenvalue weighted by Crippen LogP contribution is 2.24. The summed E-state index contributed by atoms with van der Waals surface area (Å²) in [7, 11) is 0. The molecule has 7 heteroatoms. The lowest BCUT2D eigenvalue weighted by Gasteiger charge is -2.19. The van der Waals surface area contributed by atoms with E-state index in [4.69, 9.17) is 0 Å². The van der Waals surface area contributed by atoms with Crippen molar-refractivity contribution in [3.63, 3.8) is 0 Å². The number of aromatic nitrogens is 3. The van der Waals surface area contributed by atoms with Crippen LogP contribution in [0.15, 0.2) is 54.7 Å². The van der Waals surface area contributed by atoms with Crippen LogP contribution in [0.5, 0.6) is 0 Å². The monoisotopic (exact) mass is 376 g/mol. The van der Waals surface area contributed by atoms with Crippen molar-refractivity contribution in [3.8, 4) is 0 Å². The largest absolute Gasteiger partial charge is 0.339 e. The van der Waals surface area contributed by atoms with Crippen LogP contribution < -0.4 is 16.0 Å². The first-order valence-electron chi connectivity index (χ1n) is 9.01. The van der Waals surface area contributed by atoms with Crippen LogP contribution >= 0.6 is 0 Å². The molecule has 0 saturated heterocycles. The molecule has 0 aliphatic rings. The van der Waals surface area contributed by atoms with Crippen molar-refractivity contribution in [2.45, 2.75) is 33.1 Å². The summed E-state index contributed by atoms with van der Waals surface area (Å²) in [5, 5.41) is 17.1. The van der Waals surface area contributed by atoms with Gasteiger partial charge < -0.3 is 16.0 Å². The molecule has 0 spiro atoms. The Morgan fingerprint density at radius 2 is 1.64 bits per heavy atom. The highest BCUT2D eigenvalue weighted by atomic mass is 16.1. The molecule has 0 aliphatic heterocycles. The molecule has 1 amide bonds. The molecule has 0 saturated carbocycles. The number of carbonyl (C=O) groups is 1. The molecule has 7 nitrogen and oxygen atoms in total. The van der Waals surface area contributed by atoms with Crippen LogP contribution in [0.2, 0.25) is 0 Å². The maximum atomic E-state index is 11.2. The number of nitrogens with zero attached hydrogens (tertiary/aromatic N) is 3. The van der Waals surface area contributed by atoms with E-state index in [1.807, 2.05) is 36.4 Å². The molecule has 3 aromatic rings. The van der Waals surface area contributed by atoms with Gasteiger partial charge in [0.2, 0.25) is 11.9 Å². The highest BCUT2D eigenvalue weighted by Gasteiger charge is 2.13. The van der Waals surface area contributed by atoms with E-state index >= 15 is 0 Å². The maximum absolute atomic E-state index is 11.2. The summed E-state index contributed by atoms with van der Waals surface area (Å²) in [6.07, 6.45) is 1.54. The lowest BCUT2D eigenvalue weighted by atomic mass is 9.87. The Morgan fingerprint density at radius 1 is 0.929 bits per heavy atom. The van der Waals surface area contributed by atoms with Crippen LogP contribution in [0.1, 0.15) is 33.3 Å². The third kappa shape index (κ3) is 5.26. The zero-order valence-electron chi connectivity index (χ0n) is 16.4. The Bertz CT molecular complexity index is 963. The Kier molecular flexibility index (Phi) is 5.54.